The number of rotatable bonds is 0. The number of hydrogen-bond acceptors (Lipinski definition) is 4. The summed E-state index contributed by atoms with van der Waals surface area (Å²) in [4.78, 5) is 3.80. The second-order valence-electron chi connectivity index (χ2n) is 1.79. The molecule has 0 N–H and O–H groups in total. The van der Waals surface area contributed by atoms with Crippen molar-refractivity contribution in [2.45, 2.75) is 0 Å². The van der Waals surface area contributed by atoms with Gasteiger partial charge in [-0.15, -0.1) is 0 Å². The van der Waals surface area contributed by atoms with Gasteiger partial charge in [0.25, 0.3) is 5.78 Å². The van der Waals surface area contributed by atoms with E-state index in [1.807, 2.05) is 0 Å². The van der Waals surface area contributed by atoms with Crippen molar-refractivity contribution < 1.29 is 0 Å². The highest BCUT2D eigenvalue weighted by molar-refractivity contribution is 6.33. The van der Waals surface area contributed by atoms with Gasteiger partial charge in [0, 0.05) is 6.07 Å². The minimum Gasteiger partial charge on any atom is -0.198 e. The van der Waals surface area contributed by atoms with Crippen LogP contribution in [0.4, 0.5) is 0 Å². The Morgan fingerprint density at radius 3 is 3.00 bits per heavy atom. The molecule has 0 saturated carbocycles. The van der Waals surface area contributed by atoms with Crippen LogP contribution in [0.25, 0.3) is 5.78 Å². The predicted octanol–water partition coefficient (Wildman–Crippen LogP) is 0.826. The van der Waals surface area contributed by atoms with Gasteiger partial charge in [-0.05, 0) is 10.4 Å². The lowest BCUT2D eigenvalue weighted by molar-refractivity contribution is 0.821. The van der Waals surface area contributed by atoms with E-state index in [1.165, 1.54) is 10.6 Å². The van der Waals surface area contributed by atoms with Gasteiger partial charge in [-0.25, -0.2) is 0 Å². The van der Waals surface area contributed by atoms with Crippen LogP contribution in [0, 0.1) is 0 Å². The van der Waals surface area contributed by atoms with Gasteiger partial charge in [0.15, 0.2) is 0 Å². The summed E-state index contributed by atoms with van der Waals surface area (Å²) in [6.07, 6.45) is 0. The fourth-order valence-corrected chi connectivity index (χ4v) is 1.13. The van der Waals surface area contributed by atoms with Crippen LogP contribution in [-0.4, -0.2) is 25.0 Å². The zero-order valence-corrected chi connectivity index (χ0v) is 6.58. The molecule has 0 aliphatic carbocycles. The van der Waals surface area contributed by atoms with Crippen LogP contribution in [0.3, 0.4) is 0 Å². The summed E-state index contributed by atoms with van der Waals surface area (Å²) in [5.41, 5.74) is 0. The van der Waals surface area contributed by atoms with E-state index in [9.17, 15) is 0 Å². The first-order valence-corrected chi connectivity index (χ1v) is 3.43. The van der Waals surface area contributed by atoms with Gasteiger partial charge in [-0.2, -0.15) is 9.50 Å². The van der Waals surface area contributed by atoms with Crippen molar-refractivity contribution >= 4 is 29.0 Å². The van der Waals surface area contributed by atoms with Crippen molar-refractivity contribution in [1.82, 2.24) is 25.0 Å². The highest BCUT2D eigenvalue weighted by atomic mass is 35.5. The summed E-state index contributed by atoms with van der Waals surface area (Å²) >= 11 is 11.3. The molecular formula is C4HCl2N5. The molecule has 2 aromatic rings. The molecular weight excluding hydrogens is 189 g/mol. The molecule has 11 heavy (non-hydrogen) atoms. The van der Waals surface area contributed by atoms with Crippen molar-refractivity contribution in [3.63, 3.8) is 0 Å². The Hall–Kier alpha value is -0.940. The minimum absolute atomic E-state index is 0.275. The van der Waals surface area contributed by atoms with Crippen molar-refractivity contribution in [2.24, 2.45) is 0 Å². The largest absolute Gasteiger partial charge is 0.276 e. The summed E-state index contributed by atoms with van der Waals surface area (Å²) in [6, 6.07) is 1.46. The number of tetrazole rings is 1. The van der Waals surface area contributed by atoms with E-state index in [-0.39, 0.29) is 5.15 Å². The van der Waals surface area contributed by atoms with E-state index >= 15 is 0 Å². The molecule has 5 nitrogen and oxygen atoms in total. The van der Waals surface area contributed by atoms with Crippen molar-refractivity contribution in [3.8, 4) is 0 Å². The van der Waals surface area contributed by atoms with Crippen LogP contribution in [0.15, 0.2) is 6.07 Å². The van der Waals surface area contributed by atoms with Gasteiger partial charge in [-0.1, -0.05) is 28.3 Å². The maximum atomic E-state index is 5.70. The fraction of sp³-hybridized carbons (Fsp3) is 0. The molecule has 0 aliphatic rings. The molecule has 0 atom stereocenters. The summed E-state index contributed by atoms with van der Waals surface area (Å²) in [5.74, 6) is 0.294. The molecule has 2 heterocycles. The fourth-order valence-electron chi connectivity index (χ4n) is 0.678. The third kappa shape index (κ3) is 1.02. The lowest BCUT2D eigenvalue weighted by Crippen LogP contribution is -1.92. The van der Waals surface area contributed by atoms with Gasteiger partial charge in [0.05, 0.1) is 0 Å². The molecule has 0 spiro atoms. The summed E-state index contributed by atoms with van der Waals surface area (Å²) in [6.45, 7) is 0. The second kappa shape index (κ2) is 2.28. The van der Waals surface area contributed by atoms with Gasteiger partial charge >= 0.3 is 0 Å². The first-order valence-electron chi connectivity index (χ1n) is 2.67. The predicted molar refractivity (Wildman–Crippen MR) is 38.6 cm³/mol. The average molecular weight is 190 g/mol. The molecule has 2 aromatic heterocycles. The maximum absolute atomic E-state index is 5.70. The minimum atomic E-state index is 0.275. The van der Waals surface area contributed by atoms with Crippen LogP contribution in [0.1, 0.15) is 0 Å². The monoisotopic (exact) mass is 189 g/mol. The summed E-state index contributed by atoms with van der Waals surface area (Å²) in [5, 5.41) is 11.1. The van der Waals surface area contributed by atoms with E-state index in [1.54, 1.807) is 0 Å². The molecule has 0 bridgehead atoms. The third-order valence-corrected chi connectivity index (χ3v) is 1.56. The maximum Gasteiger partial charge on any atom is 0.276 e. The number of fused-ring (bicyclic) bond motifs is 1. The SMILES string of the molecule is Clc1cc(Cl)n2nnnc2n1. The average Bonchev–Trinajstić information content (AvgIpc) is 2.34. The van der Waals surface area contributed by atoms with E-state index in [0.29, 0.717) is 10.9 Å². The first-order chi connectivity index (χ1) is 5.27. The smallest absolute Gasteiger partial charge is 0.198 e. The van der Waals surface area contributed by atoms with Crippen LogP contribution in [0.5, 0.6) is 0 Å². The quantitative estimate of drug-likeness (QED) is 0.577. The molecule has 7 heteroatoms. The Morgan fingerprint density at radius 1 is 1.36 bits per heavy atom. The molecule has 0 saturated heterocycles. The van der Waals surface area contributed by atoms with E-state index in [4.69, 9.17) is 23.2 Å². The molecule has 0 unspecified atom stereocenters. The van der Waals surface area contributed by atoms with E-state index < -0.39 is 0 Å². The van der Waals surface area contributed by atoms with Crippen LogP contribution in [0.2, 0.25) is 10.3 Å². The Bertz CT molecular complexity index is 396. The molecule has 56 valence electrons. The normalized spacial score (nSPS) is 10.7. The zero-order valence-electron chi connectivity index (χ0n) is 5.07. The topological polar surface area (TPSA) is 56.0 Å². The van der Waals surface area contributed by atoms with Gasteiger partial charge in [-0.3, -0.25) is 0 Å². The molecule has 0 aromatic carbocycles. The number of hydrogen-bond donors (Lipinski definition) is 0. The first kappa shape index (κ1) is 6.75. The van der Waals surface area contributed by atoms with Crippen molar-refractivity contribution in [2.75, 3.05) is 0 Å². The number of halogens is 2. The highest BCUT2D eigenvalue weighted by Gasteiger charge is 2.03. The Labute approximate surface area is 70.9 Å². The van der Waals surface area contributed by atoms with Crippen molar-refractivity contribution in [1.29, 1.82) is 0 Å². The molecule has 0 amide bonds. The Balaban J connectivity index is 2.91. The molecule has 0 aliphatic heterocycles. The Morgan fingerprint density at radius 2 is 2.18 bits per heavy atom. The Kier molecular flexibility index (Phi) is 1.40. The van der Waals surface area contributed by atoms with E-state index in [0.717, 1.165) is 0 Å². The van der Waals surface area contributed by atoms with Crippen LogP contribution < -0.4 is 0 Å². The lowest BCUT2D eigenvalue weighted by atomic mass is 10.7. The van der Waals surface area contributed by atoms with Gasteiger partial charge in [0.1, 0.15) is 10.3 Å². The van der Waals surface area contributed by atoms with Gasteiger partial charge < -0.3 is 0 Å². The second-order valence-corrected chi connectivity index (χ2v) is 2.57. The number of nitrogens with zero attached hydrogens (tertiary/aromatic N) is 5. The third-order valence-electron chi connectivity index (χ3n) is 1.10. The van der Waals surface area contributed by atoms with E-state index in [2.05, 4.69) is 20.5 Å². The summed E-state index contributed by atoms with van der Waals surface area (Å²) in [7, 11) is 0. The molecule has 0 radical (unpaired) electrons. The number of aromatic nitrogens is 5. The molecule has 2 rings (SSSR count). The van der Waals surface area contributed by atoms with Crippen molar-refractivity contribution in [3.05, 3.63) is 16.4 Å². The summed E-state index contributed by atoms with van der Waals surface area (Å²) < 4.78 is 1.29. The zero-order chi connectivity index (χ0) is 7.84. The molecule has 0 fully saturated rings. The van der Waals surface area contributed by atoms with Crippen LogP contribution >= 0.6 is 23.2 Å². The van der Waals surface area contributed by atoms with Gasteiger partial charge in [0.2, 0.25) is 0 Å². The highest BCUT2D eigenvalue weighted by Crippen LogP contribution is 2.13. The lowest BCUT2D eigenvalue weighted by Gasteiger charge is -1.92. The van der Waals surface area contributed by atoms with Crippen LogP contribution in [-0.2, 0) is 0 Å². The standard InChI is InChI=1S/C4HCl2N5/c5-2-1-3(6)11-4(7-2)8-9-10-11/h1H.